The maximum atomic E-state index is 13.7. The number of piperidine rings is 2. The van der Waals surface area contributed by atoms with E-state index in [9.17, 15) is 17.6 Å². The first-order valence-electron chi connectivity index (χ1n) is 16.8. The Bertz CT molecular complexity index is 1660. The quantitative estimate of drug-likeness (QED) is 0.186. The van der Waals surface area contributed by atoms with Crippen molar-refractivity contribution in [1.29, 1.82) is 0 Å². The monoisotopic (exact) mass is 662 g/mol. The molecule has 2 saturated heterocycles. The van der Waals surface area contributed by atoms with Gasteiger partial charge in [0.2, 0.25) is 0 Å². The van der Waals surface area contributed by atoms with Crippen LogP contribution in [0.3, 0.4) is 0 Å². The van der Waals surface area contributed by atoms with E-state index in [1.165, 1.54) is 30.3 Å². The molecule has 0 aromatic heterocycles. The number of aryl methyl sites for hydroxylation is 3. The number of benzene rings is 4. The van der Waals surface area contributed by atoms with Gasteiger partial charge in [0.25, 0.3) is 0 Å². The zero-order valence-electron chi connectivity index (χ0n) is 28.2. The standard InChI is InChI=1S/2C20H23F2NO/c1-13-7-15(10-17(22)8-13)12-24-20-5-6-23-11-19(20)18-4-3-16(21)9-14(18)2;1-13-10-16(21)6-7-17(13)18-11-23-9-8-20(18)24-12-15-4-3-5-19(22)14(15)2/h3-4,7-10,19-20,23H,5-6,11-12H2,1-2H3;3-7,10,18,20,23H,8-9,11-12H2,1-2H3. The van der Waals surface area contributed by atoms with E-state index in [1.54, 1.807) is 25.1 Å². The first-order chi connectivity index (χ1) is 23.1. The van der Waals surface area contributed by atoms with E-state index in [-0.39, 0.29) is 47.3 Å². The summed E-state index contributed by atoms with van der Waals surface area (Å²) in [4.78, 5) is 0. The van der Waals surface area contributed by atoms with Gasteiger partial charge in [0.05, 0.1) is 25.4 Å². The first kappa shape index (κ1) is 35.7. The molecule has 2 fully saturated rings. The fraction of sp³-hybridized carbons (Fsp3) is 0.400. The van der Waals surface area contributed by atoms with E-state index in [0.29, 0.717) is 18.8 Å². The molecule has 4 aromatic carbocycles. The van der Waals surface area contributed by atoms with Crippen LogP contribution in [0.25, 0.3) is 0 Å². The van der Waals surface area contributed by atoms with Crippen LogP contribution in [0, 0.1) is 51.0 Å². The van der Waals surface area contributed by atoms with Gasteiger partial charge in [0.15, 0.2) is 0 Å². The van der Waals surface area contributed by atoms with Crippen LogP contribution in [-0.2, 0) is 22.7 Å². The topological polar surface area (TPSA) is 42.5 Å². The maximum Gasteiger partial charge on any atom is 0.126 e. The van der Waals surface area contributed by atoms with Crippen molar-refractivity contribution in [3.63, 3.8) is 0 Å². The van der Waals surface area contributed by atoms with E-state index in [2.05, 4.69) is 10.6 Å². The summed E-state index contributed by atoms with van der Waals surface area (Å²) in [7, 11) is 0. The summed E-state index contributed by atoms with van der Waals surface area (Å²) in [5.74, 6) is -0.514. The molecular weight excluding hydrogens is 616 g/mol. The van der Waals surface area contributed by atoms with Crippen molar-refractivity contribution >= 4 is 0 Å². The number of rotatable bonds is 8. The highest BCUT2D eigenvalue weighted by molar-refractivity contribution is 5.33. The van der Waals surface area contributed by atoms with Crippen molar-refractivity contribution in [1.82, 2.24) is 10.6 Å². The van der Waals surface area contributed by atoms with Gasteiger partial charge < -0.3 is 20.1 Å². The lowest BCUT2D eigenvalue weighted by molar-refractivity contribution is 0.00642. The van der Waals surface area contributed by atoms with Crippen molar-refractivity contribution < 1.29 is 27.0 Å². The largest absolute Gasteiger partial charge is 0.373 e. The number of hydrogen-bond donors (Lipinski definition) is 2. The Balaban J connectivity index is 0.000000188. The van der Waals surface area contributed by atoms with Gasteiger partial charge in [0.1, 0.15) is 23.3 Å². The zero-order valence-corrected chi connectivity index (χ0v) is 28.2. The smallest absolute Gasteiger partial charge is 0.126 e. The summed E-state index contributed by atoms with van der Waals surface area (Å²) in [5, 5.41) is 6.78. The first-order valence-corrected chi connectivity index (χ1v) is 16.8. The summed E-state index contributed by atoms with van der Waals surface area (Å²) in [6.07, 6.45) is 1.85. The molecule has 2 heterocycles. The number of hydrogen-bond acceptors (Lipinski definition) is 4. The summed E-state index contributed by atoms with van der Waals surface area (Å²) in [6.45, 7) is 11.7. The van der Waals surface area contributed by atoms with Crippen LogP contribution in [0.15, 0.2) is 72.8 Å². The van der Waals surface area contributed by atoms with Crippen LogP contribution in [-0.4, -0.2) is 38.4 Å². The molecule has 0 bridgehead atoms. The third kappa shape index (κ3) is 9.32. The third-order valence-corrected chi connectivity index (χ3v) is 9.50. The molecule has 2 aliphatic rings. The minimum atomic E-state index is -0.232. The van der Waals surface area contributed by atoms with Crippen molar-refractivity contribution in [2.45, 2.75) is 77.8 Å². The Labute approximate surface area is 281 Å². The van der Waals surface area contributed by atoms with E-state index >= 15 is 0 Å². The summed E-state index contributed by atoms with van der Waals surface area (Å²) >= 11 is 0. The average Bonchev–Trinajstić information content (AvgIpc) is 3.05. The van der Waals surface area contributed by atoms with Crippen LogP contribution in [0.1, 0.15) is 69.2 Å². The van der Waals surface area contributed by atoms with Crippen molar-refractivity contribution in [2.24, 2.45) is 0 Å². The van der Waals surface area contributed by atoms with Crippen LogP contribution >= 0.6 is 0 Å². The molecule has 6 rings (SSSR count). The van der Waals surface area contributed by atoms with Crippen LogP contribution in [0.4, 0.5) is 17.6 Å². The van der Waals surface area contributed by atoms with Crippen LogP contribution < -0.4 is 10.6 Å². The molecule has 48 heavy (non-hydrogen) atoms. The minimum Gasteiger partial charge on any atom is -0.373 e. The molecule has 0 radical (unpaired) electrons. The molecule has 0 amide bonds. The summed E-state index contributed by atoms with van der Waals surface area (Å²) in [5.41, 5.74) is 7.38. The highest BCUT2D eigenvalue weighted by Crippen LogP contribution is 2.31. The lowest BCUT2D eigenvalue weighted by atomic mass is 9.86. The van der Waals surface area contributed by atoms with Crippen molar-refractivity contribution in [3.8, 4) is 0 Å². The molecular formula is C40H46F4N2O2. The molecule has 4 atom stereocenters. The fourth-order valence-electron chi connectivity index (χ4n) is 6.90. The predicted octanol–water partition coefficient (Wildman–Crippen LogP) is 8.49. The molecule has 2 aliphatic heterocycles. The highest BCUT2D eigenvalue weighted by Gasteiger charge is 2.29. The van der Waals surface area contributed by atoms with Gasteiger partial charge >= 0.3 is 0 Å². The second-order valence-electron chi connectivity index (χ2n) is 13.1. The van der Waals surface area contributed by atoms with Crippen LogP contribution in [0.2, 0.25) is 0 Å². The molecule has 2 N–H and O–H groups in total. The second kappa shape index (κ2) is 16.7. The Hall–Kier alpha value is -3.56. The number of ether oxygens (including phenoxy) is 2. The molecule has 0 saturated carbocycles. The lowest BCUT2D eigenvalue weighted by Crippen LogP contribution is -2.40. The van der Waals surface area contributed by atoms with Gasteiger partial charge in [-0.15, -0.1) is 0 Å². The Morgan fingerprint density at radius 2 is 1.19 bits per heavy atom. The normalized spacial score (nSPS) is 21.0. The molecule has 4 unspecified atom stereocenters. The molecule has 0 aliphatic carbocycles. The van der Waals surface area contributed by atoms with E-state index in [4.69, 9.17) is 9.47 Å². The Kier molecular flexibility index (Phi) is 12.4. The van der Waals surface area contributed by atoms with E-state index in [1.807, 2.05) is 45.0 Å². The molecule has 4 nitrogen and oxygen atoms in total. The maximum absolute atomic E-state index is 13.7. The Morgan fingerprint density at radius 3 is 1.73 bits per heavy atom. The van der Waals surface area contributed by atoms with Gasteiger partial charge in [-0.3, -0.25) is 0 Å². The minimum absolute atomic E-state index is 0.0399. The molecule has 256 valence electrons. The predicted molar refractivity (Wildman–Crippen MR) is 182 cm³/mol. The van der Waals surface area contributed by atoms with Gasteiger partial charge in [-0.25, -0.2) is 17.6 Å². The van der Waals surface area contributed by atoms with Gasteiger partial charge in [-0.05, 0) is 141 Å². The lowest BCUT2D eigenvalue weighted by Gasteiger charge is -2.33. The van der Waals surface area contributed by atoms with E-state index < -0.39 is 0 Å². The molecule has 0 spiro atoms. The number of halogens is 4. The van der Waals surface area contributed by atoms with Gasteiger partial charge in [0, 0.05) is 24.9 Å². The van der Waals surface area contributed by atoms with Crippen LogP contribution in [0.5, 0.6) is 0 Å². The Morgan fingerprint density at radius 1 is 0.625 bits per heavy atom. The SMILES string of the molecule is Cc1cc(F)cc(COC2CCNCC2c2ccc(F)cc2C)c1.Cc1cc(F)ccc1C1CNCCC1OCc1cccc(F)c1C. The van der Waals surface area contributed by atoms with Crippen molar-refractivity contribution in [2.75, 3.05) is 26.2 Å². The molecule has 4 aromatic rings. The van der Waals surface area contributed by atoms with Gasteiger partial charge in [-0.2, -0.15) is 0 Å². The highest BCUT2D eigenvalue weighted by atomic mass is 19.1. The van der Waals surface area contributed by atoms with E-state index in [0.717, 1.165) is 78.0 Å². The van der Waals surface area contributed by atoms with Crippen molar-refractivity contribution in [3.05, 3.63) is 141 Å². The third-order valence-electron chi connectivity index (χ3n) is 9.50. The zero-order chi connectivity index (χ0) is 34.2. The fourth-order valence-corrected chi connectivity index (χ4v) is 6.90. The summed E-state index contributed by atoms with van der Waals surface area (Å²) in [6, 6.07) is 19.9. The molecule has 8 heteroatoms. The average molecular weight is 663 g/mol. The number of nitrogens with one attached hydrogen (secondary N) is 2. The summed E-state index contributed by atoms with van der Waals surface area (Å²) < 4.78 is 66.2. The second-order valence-corrected chi connectivity index (χ2v) is 13.1. The van der Waals surface area contributed by atoms with Gasteiger partial charge in [-0.1, -0.05) is 30.3 Å².